The zero-order valence-corrected chi connectivity index (χ0v) is 6.69. The van der Waals surface area contributed by atoms with E-state index < -0.39 is 11.8 Å². The van der Waals surface area contributed by atoms with Crippen LogP contribution in [0.5, 0.6) is 0 Å². The van der Waals surface area contributed by atoms with Gasteiger partial charge >= 0.3 is 0 Å². The van der Waals surface area contributed by atoms with E-state index in [1.165, 1.54) is 10.5 Å². The van der Waals surface area contributed by atoms with Crippen LogP contribution in [-0.2, 0) is 0 Å². The van der Waals surface area contributed by atoms with Crippen LogP contribution in [0.3, 0.4) is 0 Å². The van der Waals surface area contributed by atoms with Crippen molar-refractivity contribution in [3.8, 4) is 0 Å². The Labute approximate surface area is 72.8 Å². The summed E-state index contributed by atoms with van der Waals surface area (Å²) in [5.41, 5.74) is 1.25. The van der Waals surface area contributed by atoms with E-state index >= 15 is 0 Å². The van der Waals surface area contributed by atoms with Gasteiger partial charge in [0, 0.05) is 12.9 Å². The molecular weight excluding hydrogens is 152 g/mol. The first-order valence-electron chi connectivity index (χ1n) is 4.96. The Morgan fingerprint density at radius 1 is 1.27 bits per heavy atom. The number of hydrogen-bond donors (Lipinski definition) is 0. The Morgan fingerprint density at radius 2 is 2.09 bits per heavy atom. The third-order valence-corrected chi connectivity index (χ3v) is 4.20. The molecule has 4 rings (SSSR count). The Morgan fingerprint density at radius 3 is 3.00 bits per heavy atom. The minimum Gasteiger partial charge on any atom is -0.122 e. The Bertz CT molecular complexity index is 417. The van der Waals surface area contributed by atoms with Gasteiger partial charge in [-0.25, -0.2) is 0 Å². The van der Waals surface area contributed by atoms with Gasteiger partial charge in [0.2, 0.25) is 0 Å². The predicted octanol–water partition coefficient (Wildman–Crippen LogP) is 2.50. The van der Waals surface area contributed by atoms with Gasteiger partial charge in [-0.2, -0.15) is 0 Å². The fourth-order valence-electron chi connectivity index (χ4n) is 2.11. The van der Waals surface area contributed by atoms with E-state index in [0.29, 0.717) is 0 Å². The zero-order valence-electron chi connectivity index (χ0n) is 7.87. The summed E-state index contributed by atoms with van der Waals surface area (Å²) in [4.78, 5) is 1.31. The molecule has 1 heteroatoms. The maximum Gasteiger partial charge on any atom is 0.0324 e. The third kappa shape index (κ3) is 0.459. The molecule has 1 aromatic carbocycles. The summed E-state index contributed by atoms with van der Waals surface area (Å²) in [7, 11) is 0. The van der Waals surface area contributed by atoms with Crippen LogP contribution in [0.4, 0.5) is 0 Å². The first-order valence-corrected chi connectivity index (χ1v) is 4.84. The van der Waals surface area contributed by atoms with Crippen molar-refractivity contribution in [3.63, 3.8) is 0 Å². The molecule has 1 aliphatic heterocycles. The number of rotatable bonds is 0. The highest BCUT2D eigenvalue weighted by Crippen LogP contribution is 2.82. The van der Waals surface area contributed by atoms with Crippen LogP contribution in [0.15, 0.2) is 29.2 Å². The van der Waals surface area contributed by atoms with Gasteiger partial charge in [0.05, 0.1) is 0 Å². The molecule has 11 heavy (non-hydrogen) atoms. The second kappa shape index (κ2) is 1.38. The Hall–Kier alpha value is -0.430. The maximum atomic E-state index is 8.06. The first kappa shape index (κ1) is 3.99. The Balaban J connectivity index is 1.96. The van der Waals surface area contributed by atoms with E-state index in [-0.39, 0.29) is 11.2 Å². The van der Waals surface area contributed by atoms with Crippen LogP contribution < -0.4 is 0 Å². The summed E-state index contributed by atoms with van der Waals surface area (Å²) in [5.74, 6) is -0.597. The van der Waals surface area contributed by atoms with Crippen molar-refractivity contribution in [2.75, 3.05) is 0 Å². The molecule has 1 aromatic rings. The molecule has 2 fully saturated rings. The highest BCUT2D eigenvalue weighted by Gasteiger charge is 2.76. The molecule has 2 atom stereocenters. The van der Waals surface area contributed by atoms with E-state index in [2.05, 4.69) is 12.1 Å². The van der Waals surface area contributed by atoms with Crippen LogP contribution in [0.1, 0.15) is 14.2 Å². The summed E-state index contributed by atoms with van der Waals surface area (Å²) in [6.45, 7) is 0. The molecule has 3 aliphatic rings. The molecule has 54 valence electrons. The van der Waals surface area contributed by atoms with E-state index in [9.17, 15) is 0 Å². The first-order chi connectivity index (χ1) is 6.20. The third-order valence-electron chi connectivity index (χ3n) is 2.83. The molecule has 1 heterocycles. The second-order valence-electron chi connectivity index (χ2n) is 3.38. The standard InChI is InChI=1S/C10H8S/c1-2-4-6-5(3-1)7-8-9(7)10(8)11-6/h1-4,7-10H/i8D,9D. The topological polar surface area (TPSA) is 0 Å². The van der Waals surface area contributed by atoms with E-state index in [1.54, 1.807) is 11.8 Å². The van der Waals surface area contributed by atoms with E-state index in [0.717, 1.165) is 0 Å². The molecule has 0 bridgehead atoms. The van der Waals surface area contributed by atoms with Crippen molar-refractivity contribution in [2.45, 2.75) is 16.1 Å². The average molecular weight is 162 g/mol. The number of thioether (sulfide) groups is 1. The van der Waals surface area contributed by atoms with Gasteiger partial charge in [0.1, 0.15) is 0 Å². The molecule has 0 saturated heterocycles. The summed E-state index contributed by atoms with van der Waals surface area (Å²) in [5, 5.41) is 0.264. The molecule has 2 saturated carbocycles. The Kier molecular flexibility index (Phi) is 0.501. The molecular formula is C10H8S. The molecule has 2 unspecified atom stereocenters. The quantitative estimate of drug-likeness (QED) is 0.565. The lowest BCUT2D eigenvalue weighted by Gasteiger charge is -2.21. The monoisotopic (exact) mass is 162 g/mol. The smallest absolute Gasteiger partial charge is 0.0324 e. The van der Waals surface area contributed by atoms with Crippen LogP contribution >= 0.6 is 11.8 Å². The van der Waals surface area contributed by atoms with Gasteiger partial charge in [0.25, 0.3) is 0 Å². The zero-order chi connectivity index (χ0) is 8.84. The van der Waals surface area contributed by atoms with Crippen molar-refractivity contribution in [1.82, 2.24) is 0 Å². The number of hydrogen-bond acceptors (Lipinski definition) is 1. The molecule has 0 aromatic heterocycles. The fourth-order valence-corrected chi connectivity index (χ4v) is 3.58. The largest absolute Gasteiger partial charge is 0.122 e. The lowest BCUT2D eigenvalue weighted by atomic mass is 10.0. The highest BCUT2D eigenvalue weighted by atomic mass is 32.2. The van der Waals surface area contributed by atoms with Gasteiger partial charge in [-0.15, -0.1) is 11.8 Å². The van der Waals surface area contributed by atoms with E-state index in [1.807, 2.05) is 12.1 Å². The molecule has 0 radical (unpaired) electrons. The molecule has 0 spiro atoms. The maximum absolute atomic E-state index is 8.06. The van der Waals surface area contributed by atoms with Gasteiger partial charge in [-0.3, -0.25) is 0 Å². The van der Waals surface area contributed by atoms with Gasteiger partial charge in [0.15, 0.2) is 0 Å². The molecule has 0 nitrogen and oxygen atoms in total. The second-order valence-corrected chi connectivity index (χ2v) is 4.53. The lowest BCUT2D eigenvalue weighted by molar-refractivity contribution is 0.756. The summed E-state index contributed by atoms with van der Waals surface area (Å²) in [6.07, 6.45) is 0. The summed E-state index contributed by atoms with van der Waals surface area (Å²) >= 11 is 1.74. The predicted molar refractivity (Wildman–Crippen MR) is 45.8 cm³/mol. The average Bonchev–Trinajstić information content (AvgIpc) is 2.85. The number of fused-ring (bicyclic) bond motifs is 4. The molecule has 2 aliphatic carbocycles. The molecule has 0 N–H and O–H groups in total. The lowest BCUT2D eigenvalue weighted by Crippen LogP contribution is -2.08. The number of benzene rings is 1. The molecule has 0 amide bonds. The van der Waals surface area contributed by atoms with Crippen molar-refractivity contribution >= 4 is 11.8 Å². The van der Waals surface area contributed by atoms with Crippen molar-refractivity contribution < 1.29 is 2.74 Å². The normalized spacial score (nSPS) is 63.6. The minimum atomic E-state index is -0.411. The summed E-state index contributed by atoms with van der Waals surface area (Å²) in [6, 6.07) is 8.26. The van der Waals surface area contributed by atoms with Crippen LogP contribution in [-0.4, -0.2) is 5.25 Å². The summed E-state index contributed by atoms with van der Waals surface area (Å²) < 4.78 is 16.1. The van der Waals surface area contributed by atoms with Gasteiger partial charge in [-0.1, -0.05) is 18.2 Å². The minimum absolute atomic E-state index is 0.224. The van der Waals surface area contributed by atoms with Crippen molar-refractivity contribution in [1.29, 1.82) is 0 Å². The van der Waals surface area contributed by atoms with Crippen LogP contribution in [0, 0.1) is 11.8 Å². The van der Waals surface area contributed by atoms with Crippen molar-refractivity contribution in [3.05, 3.63) is 29.8 Å². The van der Waals surface area contributed by atoms with Gasteiger partial charge in [-0.05, 0) is 29.3 Å². The van der Waals surface area contributed by atoms with Crippen molar-refractivity contribution in [2.24, 2.45) is 11.8 Å². The van der Waals surface area contributed by atoms with Crippen LogP contribution in [0.2, 0.25) is 0 Å². The van der Waals surface area contributed by atoms with E-state index in [4.69, 9.17) is 2.74 Å². The van der Waals surface area contributed by atoms with Gasteiger partial charge < -0.3 is 0 Å². The van der Waals surface area contributed by atoms with Crippen LogP contribution in [0.25, 0.3) is 0 Å². The fraction of sp³-hybridized carbons (Fsp3) is 0.400. The SMILES string of the molecule is [2H]C12C3Sc4ccccc4C1C32[2H]. The highest BCUT2D eigenvalue weighted by molar-refractivity contribution is 8.00.